The number of piperazine rings is 1. The number of aliphatic hydroxyl groups excluding tert-OH is 1. The molecule has 2 aliphatic heterocycles. The molecule has 11 nitrogen and oxygen atoms in total. The fourth-order valence-electron chi connectivity index (χ4n) is 7.22. The molecular weight excluding hydrogens is 717 g/mol. The van der Waals surface area contributed by atoms with E-state index in [0.29, 0.717) is 24.4 Å². The SMILES string of the molecule is O=C(NCc1cccc(-c2cccc(C3OC(CN4CCN(c5ncccn5)CC4)CC(c4ccc(CO)cc4)O3)c2)c1)Nc1ccc(Oc2ccccc2)cc1. The lowest BCUT2D eigenvalue weighted by Crippen LogP contribution is -2.50. The Hall–Kier alpha value is -6.11. The van der Waals surface area contributed by atoms with Crippen LogP contribution in [-0.4, -0.2) is 64.8 Å². The predicted octanol–water partition coefficient (Wildman–Crippen LogP) is 8.12. The van der Waals surface area contributed by atoms with Gasteiger partial charge in [-0.15, -0.1) is 0 Å². The Kier molecular flexibility index (Phi) is 12.1. The highest BCUT2D eigenvalue weighted by atomic mass is 16.7. The molecule has 3 heterocycles. The first-order valence-corrected chi connectivity index (χ1v) is 19.4. The molecular formula is C46H46N6O5. The summed E-state index contributed by atoms with van der Waals surface area (Å²) in [7, 11) is 0. The second kappa shape index (κ2) is 18.2. The van der Waals surface area contributed by atoms with Gasteiger partial charge in [0, 0.05) is 69.3 Å². The lowest BCUT2D eigenvalue weighted by atomic mass is 9.98. The van der Waals surface area contributed by atoms with E-state index in [1.54, 1.807) is 12.4 Å². The Bertz CT molecular complexity index is 2200. The average molecular weight is 763 g/mol. The molecule has 3 unspecified atom stereocenters. The number of ether oxygens (including phenoxy) is 3. The van der Waals surface area contributed by atoms with Gasteiger partial charge in [0.1, 0.15) is 11.5 Å². The number of carbonyl (C=O) groups is 1. The molecule has 6 aromatic rings. The molecule has 0 spiro atoms. The monoisotopic (exact) mass is 762 g/mol. The van der Waals surface area contributed by atoms with E-state index in [0.717, 1.165) is 77.8 Å². The smallest absolute Gasteiger partial charge is 0.319 e. The molecule has 0 radical (unpaired) electrons. The van der Waals surface area contributed by atoms with Gasteiger partial charge < -0.3 is 34.9 Å². The second-order valence-corrected chi connectivity index (χ2v) is 14.3. The topological polar surface area (TPSA) is 121 Å². The Balaban J connectivity index is 0.911. The zero-order chi connectivity index (χ0) is 38.8. The Morgan fingerprint density at radius 2 is 1.44 bits per heavy atom. The fourth-order valence-corrected chi connectivity index (χ4v) is 7.22. The first-order chi connectivity index (χ1) is 28.0. The number of nitrogens with one attached hydrogen (secondary N) is 2. The molecule has 0 saturated carbocycles. The van der Waals surface area contributed by atoms with Crippen LogP contribution >= 0.6 is 0 Å². The van der Waals surface area contributed by atoms with Crippen molar-refractivity contribution in [3.8, 4) is 22.6 Å². The maximum atomic E-state index is 12.8. The minimum absolute atomic E-state index is 0.00208. The first-order valence-electron chi connectivity index (χ1n) is 19.4. The maximum Gasteiger partial charge on any atom is 0.319 e. The molecule has 3 atom stereocenters. The highest BCUT2D eigenvalue weighted by Crippen LogP contribution is 2.39. The molecule has 2 aliphatic rings. The fraction of sp³-hybridized carbons (Fsp3) is 0.239. The molecule has 1 aromatic heterocycles. The van der Waals surface area contributed by atoms with E-state index in [9.17, 15) is 9.90 Å². The minimum Gasteiger partial charge on any atom is -0.457 e. The normalized spacial score (nSPS) is 18.5. The van der Waals surface area contributed by atoms with E-state index < -0.39 is 6.29 Å². The van der Waals surface area contributed by atoms with Crippen LogP contribution in [0, 0.1) is 0 Å². The van der Waals surface area contributed by atoms with Crippen LogP contribution in [0.2, 0.25) is 0 Å². The molecule has 290 valence electrons. The van der Waals surface area contributed by atoms with Crippen molar-refractivity contribution < 1.29 is 24.1 Å². The van der Waals surface area contributed by atoms with E-state index >= 15 is 0 Å². The van der Waals surface area contributed by atoms with Gasteiger partial charge in [-0.05, 0) is 82.4 Å². The van der Waals surface area contributed by atoms with Gasteiger partial charge in [0.25, 0.3) is 0 Å². The summed E-state index contributed by atoms with van der Waals surface area (Å²) in [5.41, 5.74) is 6.54. The third-order valence-electron chi connectivity index (χ3n) is 10.2. The van der Waals surface area contributed by atoms with Gasteiger partial charge in [-0.2, -0.15) is 0 Å². The number of aliphatic hydroxyl groups is 1. The maximum absolute atomic E-state index is 12.8. The summed E-state index contributed by atoms with van der Waals surface area (Å²) < 4.78 is 19.3. The third kappa shape index (κ3) is 10.0. The second-order valence-electron chi connectivity index (χ2n) is 14.3. The van der Waals surface area contributed by atoms with Crippen molar-refractivity contribution in [1.82, 2.24) is 20.2 Å². The summed E-state index contributed by atoms with van der Waals surface area (Å²) in [5.74, 6) is 2.21. The van der Waals surface area contributed by atoms with Crippen LogP contribution in [0.15, 0.2) is 146 Å². The summed E-state index contributed by atoms with van der Waals surface area (Å²) in [6.07, 6.45) is 3.48. The summed E-state index contributed by atoms with van der Waals surface area (Å²) in [6, 6.07) is 42.8. The largest absolute Gasteiger partial charge is 0.457 e. The number of aromatic nitrogens is 2. The van der Waals surface area contributed by atoms with Gasteiger partial charge in [-0.3, -0.25) is 4.90 Å². The van der Waals surface area contributed by atoms with Gasteiger partial charge in [0.15, 0.2) is 6.29 Å². The number of hydrogen-bond donors (Lipinski definition) is 3. The standard InChI is InChI=1S/C46H46N6O5/c53-32-33-13-15-35(16-14-33)43-29-42(31-51-23-25-52(26-24-51)45-47-21-6-22-48-45)56-44(57-43)38-10-5-9-37(28-38)36-8-4-7-34(27-36)30-49-46(54)50-39-17-19-41(20-18-39)55-40-11-2-1-3-12-40/h1-22,27-28,42-44,53H,23-26,29-32H2,(H2,49,50,54). The van der Waals surface area contributed by atoms with E-state index in [1.807, 2.05) is 103 Å². The summed E-state index contributed by atoms with van der Waals surface area (Å²) in [4.78, 5) is 26.4. The van der Waals surface area contributed by atoms with E-state index in [4.69, 9.17) is 14.2 Å². The van der Waals surface area contributed by atoms with Crippen molar-refractivity contribution in [1.29, 1.82) is 0 Å². The number of carbonyl (C=O) groups excluding carboxylic acids is 1. The van der Waals surface area contributed by atoms with Crippen LogP contribution in [0.4, 0.5) is 16.4 Å². The van der Waals surface area contributed by atoms with Gasteiger partial charge in [-0.25, -0.2) is 14.8 Å². The molecule has 2 saturated heterocycles. The van der Waals surface area contributed by atoms with Crippen LogP contribution in [0.25, 0.3) is 11.1 Å². The number of para-hydroxylation sites is 1. The van der Waals surface area contributed by atoms with Crippen molar-refractivity contribution in [3.05, 3.63) is 168 Å². The highest BCUT2D eigenvalue weighted by Gasteiger charge is 2.34. The van der Waals surface area contributed by atoms with Gasteiger partial charge in [0.2, 0.25) is 5.95 Å². The quantitative estimate of drug-likeness (QED) is 0.114. The number of anilines is 2. The summed E-state index contributed by atoms with van der Waals surface area (Å²) in [6.45, 7) is 4.61. The first kappa shape index (κ1) is 37.8. The van der Waals surface area contributed by atoms with E-state index in [2.05, 4.69) is 60.7 Å². The molecule has 8 rings (SSSR count). The predicted molar refractivity (Wildman–Crippen MR) is 220 cm³/mol. The Morgan fingerprint density at radius 1 is 0.719 bits per heavy atom. The average Bonchev–Trinajstić information content (AvgIpc) is 3.27. The Labute approximate surface area is 332 Å². The van der Waals surface area contributed by atoms with Crippen molar-refractivity contribution in [2.24, 2.45) is 0 Å². The molecule has 11 heteroatoms. The van der Waals surface area contributed by atoms with Gasteiger partial charge in [0.05, 0.1) is 18.8 Å². The molecule has 2 fully saturated rings. The van der Waals surface area contributed by atoms with Gasteiger partial charge in [-0.1, -0.05) is 78.9 Å². The number of nitrogens with zero attached hydrogens (tertiary/aromatic N) is 4. The zero-order valence-corrected chi connectivity index (χ0v) is 31.6. The van der Waals surface area contributed by atoms with Crippen LogP contribution in [0.5, 0.6) is 11.5 Å². The lowest BCUT2D eigenvalue weighted by Gasteiger charge is -2.40. The van der Waals surface area contributed by atoms with Crippen molar-refractivity contribution in [2.75, 3.05) is 42.9 Å². The number of amides is 2. The number of hydrogen-bond acceptors (Lipinski definition) is 9. The summed E-state index contributed by atoms with van der Waals surface area (Å²) >= 11 is 0. The Morgan fingerprint density at radius 3 is 2.19 bits per heavy atom. The number of urea groups is 1. The number of rotatable bonds is 12. The molecule has 5 aromatic carbocycles. The van der Waals surface area contributed by atoms with Crippen LogP contribution in [0.1, 0.15) is 41.1 Å². The van der Waals surface area contributed by atoms with Crippen molar-refractivity contribution in [3.63, 3.8) is 0 Å². The van der Waals surface area contributed by atoms with Crippen molar-refractivity contribution in [2.45, 2.75) is 38.1 Å². The molecule has 2 amide bonds. The third-order valence-corrected chi connectivity index (χ3v) is 10.2. The van der Waals surface area contributed by atoms with Crippen molar-refractivity contribution >= 4 is 17.7 Å². The summed E-state index contributed by atoms with van der Waals surface area (Å²) in [5, 5.41) is 15.5. The minimum atomic E-state index is -0.572. The van der Waals surface area contributed by atoms with Crippen LogP contribution < -0.4 is 20.3 Å². The van der Waals surface area contributed by atoms with Gasteiger partial charge >= 0.3 is 6.03 Å². The highest BCUT2D eigenvalue weighted by molar-refractivity contribution is 5.89. The van der Waals surface area contributed by atoms with Crippen LogP contribution in [0.3, 0.4) is 0 Å². The zero-order valence-electron chi connectivity index (χ0n) is 31.6. The lowest BCUT2D eigenvalue weighted by molar-refractivity contribution is -0.253. The van der Waals surface area contributed by atoms with Crippen LogP contribution in [-0.2, 0) is 22.6 Å². The van der Waals surface area contributed by atoms with E-state index in [1.165, 1.54) is 0 Å². The molecule has 3 N–H and O–H groups in total. The molecule has 0 aliphatic carbocycles. The van der Waals surface area contributed by atoms with E-state index in [-0.39, 0.29) is 24.8 Å². The molecule has 0 bridgehead atoms. The number of benzene rings is 5. The molecule has 57 heavy (non-hydrogen) atoms.